The summed E-state index contributed by atoms with van der Waals surface area (Å²) < 4.78 is 36.7. The Morgan fingerprint density at radius 3 is 2.35 bits per heavy atom. The predicted octanol–water partition coefficient (Wildman–Crippen LogP) is 1.95. The van der Waals surface area contributed by atoms with E-state index >= 15 is 0 Å². The van der Waals surface area contributed by atoms with Crippen molar-refractivity contribution in [2.75, 3.05) is 10.6 Å². The van der Waals surface area contributed by atoms with E-state index in [2.05, 4.69) is 10.6 Å². The molecule has 2 amide bonds. The average molecular weight is 288 g/mol. The molecular weight excluding hydrogens is 277 g/mol. The van der Waals surface area contributed by atoms with E-state index in [9.17, 15) is 27.9 Å². The first-order chi connectivity index (χ1) is 9.24. The molecule has 0 aromatic heterocycles. The zero-order valence-electron chi connectivity index (χ0n) is 10.1. The van der Waals surface area contributed by atoms with Gasteiger partial charge in [0.05, 0.1) is 23.9 Å². The molecule has 1 aromatic carbocycles. The number of benzene rings is 1. The Morgan fingerprint density at radius 2 is 1.75 bits per heavy atom. The van der Waals surface area contributed by atoms with Crippen molar-refractivity contribution in [1.29, 1.82) is 0 Å². The van der Waals surface area contributed by atoms with E-state index in [1.54, 1.807) is 0 Å². The Labute approximate surface area is 111 Å². The summed E-state index contributed by atoms with van der Waals surface area (Å²) in [7, 11) is 0. The monoisotopic (exact) mass is 288 g/mol. The van der Waals surface area contributed by atoms with Crippen LogP contribution in [0.25, 0.3) is 0 Å². The van der Waals surface area contributed by atoms with Crippen molar-refractivity contribution in [1.82, 2.24) is 0 Å². The van der Waals surface area contributed by atoms with Crippen LogP contribution in [-0.2, 0) is 9.59 Å². The van der Waals surface area contributed by atoms with Gasteiger partial charge in [-0.2, -0.15) is 13.2 Å². The topological polar surface area (TPSA) is 78.4 Å². The van der Waals surface area contributed by atoms with Crippen LogP contribution in [-0.4, -0.2) is 23.1 Å². The fraction of sp³-hybridized carbons (Fsp3) is 0.333. The molecule has 0 fully saturated rings. The summed E-state index contributed by atoms with van der Waals surface area (Å²) in [5.74, 6) is -1.08. The molecule has 108 valence electrons. The van der Waals surface area contributed by atoms with Gasteiger partial charge in [0.15, 0.2) is 0 Å². The molecule has 0 radical (unpaired) electrons. The highest BCUT2D eigenvalue weighted by atomic mass is 19.4. The van der Waals surface area contributed by atoms with Crippen LogP contribution in [0.15, 0.2) is 18.2 Å². The molecule has 0 aliphatic carbocycles. The Bertz CT molecular complexity index is 557. The van der Waals surface area contributed by atoms with Crippen LogP contribution in [0.4, 0.5) is 24.5 Å². The Kier molecular flexibility index (Phi) is 3.67. The van der Waals surface area contributed by atoms with E-state index in [4.69, 9.17) is 0 Å². The van der Waals surface area contributed by atoms with Gasteiger partial charge in [0.2, 0.25) is 11.8 Å². The van der Waals surface area contributed by atoms with Gasteiger partial charge < -0.3 is 15.7 Å². The van der Waals surface area contributed by atoms with Crippen molar-refractivity contribution in [3.63, 3.8) is 0 Å². The first-order valence-electron chi connectivity index (χ1n) is 5.73. The van der Waals surface area contributed by atoms with Crippen LogP contribution < -0.4 is 10.6 Å². The third-order valence-corrected chi connectivity index (χ3v) is 2.72. The molecule has 0 saturated heterocycles. The number of alkyl halides is 3. The highest BCUT2D eigenvalue weighted by Gasteiger charge is 2.32. The van der Waals surface area contributed by atoms with Gasteiger partial charge in [0, 0.05) is 0 Å². The van der Waals surface area contributed by atoms with Crippen LogP contribution in [0.5, 0.6) is 0 Å². The minimum absolute atomic E-state index is 0.0116. The van der Waals surface area contributed by atoms with E-state index in [0.717, 1.165) is 0 Å². The standard InChI is InChI=1S/C12H11F3N2O3/c13-12(14,15)5-9(18)6-1-2-7-8(3-6)17-11(20)4-10(19)16-7/h1-3,9,18H,4-5H2,(H,16,19)(H,17,20). The fourth-order valence-corrected chi connectivity index (χ4v) is 1.85. The minimum atomic E-state index is -4.50. The lowest BCUT2D eigenvalue weighted by Crippen LogP contribution is -2.16. The molecule has 1 heterocycles. The van der Waals surface area contributed by atoms with E-state index < -0.39 is 30.5 Å². The van der Waals surface area contributed by atoms with Crippen LogP contribution in [0.3, 0.4) is 0 Å². The van der Waals surface area contributed by atoms with E-state index in [0.29, 0.717) is 0 Å². The van der Waals surface area contributed by atoms with Crippen LogP contribution in [0.2, 0.25) is 0 Å². The number of nitrogens with one attached hydrogen (secondary N) is 2. The molecule has 0 saturated carbocycles. The maximum atomic E-state index is 12.2. The lowest BCUT2D eigenvalue weighted by atomic mass is 10.0. The smallest absolute Gasteiger partial charge is 0.388 e. The van der Waals surface area contributed by atoms with Crippen molar-refractivity contribution in [2.45, 2.75) is 25.1 Å². The van der Waals surface area contributed by atoms with Gasteiger partial charge in [0.25, 0.3) is 0 Å². The number of carbonyl (C=O) groups is 2. The maximum Gasteiger partial charge on any atom is 0.391 e. The van der Waals surface area contributed by atoms with Crippen LogP contribution >= 0.6 is 0 Å². The number of anilines is 2. The second-order valence-corrected chi connectivity index (χ2v) is 4.41. The van der Waals surface area contributed by atoms with Crippen molar-refractivity contribution >= 4 is 23.2 Å². The zero-order valence-corrected chi connectivity index (χ0v) is 10.1. The number of hydrogen-bond acceptors (Lipinski definition) is 3. The average Bonchev–Trinajstić information content (AvgIpc) is 2.42. The predicted molar refractivity (Wildman–Crippen MR) is 64.0 cm³/mol. The molecule has 5 nitrogen and oxygen atoms in total. The summed E-state index contributed by atoms with van der Waals surface area (Å²) >= 11 is 0. The van der Waals surface area contributed by atoms with Gasteiger partial charge in [-0.25, -0.2) is 0 Å². The van der Waals surface area contributed by atoms with Crippen molar-refractivity contribution in [2.24, 2.45) is 0 Å². The molecule has 0 bridgehead atoms. The normalized spacial score (nSPS) is 16.8. The summed E-state index contributed by atoms with van der Waals surface area (Å²) in [6, 6.07) is 3.83. The summed E-state index contributed by atoms with van der Waals surface area (Å²) in [5.41, 5.74) is 0.459. The fourth-order valence-electron chi connectivity index (χ4n) is 1.85. The maximum absolute atomic E-state index is 12.2. The molecule has 3 N–H and O–H groups in total. The number of rotatable bonds is 2. The van der Waals surface area contributed by atoms with Gasteiger partial charge in [-0.05, 0) is 17.7 Å². The van der Waals surface area contributed by atoms with Crippen molar-refractivity contribution < 1.29 is 27.9 Å². The number of amides is 2. The number of aliphatic hydroxyl groups excluding tert-OH is 1. The molecule has 1 atom stereocenters. The van der Waals surface area contributed by atoms with Crippen molar-refractivity contribution in [3.05, 3.63) is 23.8 Å². The molecule has 20 heavy (non-hydrogen) atoms. The van der Waals surface area contributed by atoms with E-state index in [1.165, 1.54) is 18.2 Å². The number of halogens is 3. The van der Waals surface area contributed by atoms with Crippen molar-refractivity contribution in [3.8, 4) is 0 Å². The second kappa shape index (κ2) is 5.12. The molecular formula is C12H11F3N2O3. The third-order valence-electron chi connectivity index (χ3n) is 2.72. The molecule has 8 heteroatoms. The Hall–Kier alpha value is -2.09. The van der Waals surface area contributed by atoms with Gasteiger partial charge >= 0.3 is 6.18 Å². The SMILES string of the molecule is O=C1CC(=O)Nc2cc(C(O)CC(F)(F)F)ccc2N1. The van der Waals surface area contributed by atoms with Gasteiger partial charge in [0.1, 0.15) is 6.42 Å². The number of hydrogen-bond donors (Lipinski definition) is 3. The zero-order chi connectivity index (χ0) is 14.9. The van der Waals surface area contributed by atoms with Gasteiger partial charge in [-0.3, -0.25) is 9.59 Å². The van der Waals surface area contributed by atoms with Gasteiger partial charge in [-0.15, -0.1) is 0 Å². The third kappa shape index (κ3) is 3.47. The highest BCUT2D eigenvalue weighted by Crippen LogP contribution is 2.33. The molecule has 2 rings (SSSR count). The molecule has 1 unspecified atom stereocenters. The van der Waals surface area contributed by atoms with E-state index in [1.807, 2.05) is 0 Å². The number of fused-ring (bicyclic) bond motifs is 1. The highest BCUT2D eigenvalue weighted by molar-refractivity contribution is 6.13. The molecule has 0 spiro atoms. The minimum Gasteiger partial charge on any atom is -0.388 e. The van der Waals surface area contributed by atoms with Crippen LogP contribution in [0, 0.1) is 0 Å². The number of carbonyl (C=O) groups excluding carboxylic acids is 2. The van der Waals surface area contributed by atoms with E-state index in [-0.39, 0.29) is 23.4 Å². The summed E-state index contributed by atoms with van der Waals surface area (Å²) in [6.45, 7) is 0. The molecule has 1 aliphatic rings. The molecule has 1 aromatic rings. The largest absolute Gasteiger partial charge is 0.391 e. The first-order valence-corrected chi connectivity index (χ1v) is 5.73. The van der Waals surface area contributed by atoms with Gasteiger partial charge in [-0.1, -0.05) is 6.07 Å². The summed E-state index contributed by atoms with van der Waals surface area (Å²) in [4.78, 5) is 22.6. The summed E-state index contributed by atoms with van der Waals surface area (Å²) in [5, 5.41) is 14.4. The lowest BCUT2D eigenvalue weighted by molar-refractivity contribution is -0.154. The Balaban J connectivity index is 2.27. The molecule has 1 aliphatic heterocycles. The quantitative estimate of drug-likeness (QED) is 0.728. The van der Waals surface area contributed by atoms with Crippen LogP contribution in [0.1, 0.15) is 24.5 Å². The summed E-state index contributed by atoms with van der Waals surface area (Å²) in [6.07, 6.45) is -7.97. The number of aliphatic hydroxyl groups is 1. The Morgan fingerprint density at radius 1 is 1.15 bits per heavy atom. The second-order valence-electron chi connectivity index (χ2n) is 4.41. The first kappa shape index (κ1) is 14.3. The lowest BCUT2D eigenvalue weighted by Gasteiger charge is -2.15.